The summed E-state index contributed by atoms with van der Waals surface area (Å²) in [5.74, 6) is -0.0681. The fourth-order valence-corrected chi connectivity index (χ4v) is 3.30. The number of aliphatic carboxylic acids is 1. The van der Waals surface area contributed by atoms with Crippen LogP contribution in [0.5, 0.6) is 5.75 Å². The van der Waals surface area contributed by atoms with E-state index < -0.39 is 12.0 Å². The highest BCUT2D eigenvalue weighted by Crippen LogP contribution is 2.29. The van der Waals surface area contributed by atoms with E-state index in [-0.39, 0.29) is 5.92 Å². The van der Waals surface area contributed by atoms with Gasteiger partial charge in [0.25, 0.3) is 0 Å². The molecule has 0 amide bonds. The zero-order chi connectivity index (χ0) is 20.1. The Hall–Kier alpha value is -2.85. The highest BCUT2D eigenvalue weighted by atomic mass is 16.5. The zero-order valence-electron chi connectivity index (χ0n) is 16.6. The molecule has 0 spiro atoms. The van der Waals surface area contributed by atoms with E-state index in [2.05, 4.69) is 48.6 Å². The molecule has 1 atom stereocenters. The second-order valence-electron chi connectivity index (χ2n) is 7.48. The van der Waals surface area contributed by atoms with Crippen LogP contribution >= 0.6 is 0 Å². The number of aryl methyl sites for hydroxylation is 1. The molecule has 0 aliphatic rings. The van der Waals surface area contributed by atoms with Crippen molar-refractivity contribution in [3.63, 3.8) is 0 Å². The lowest BCUT2D eigenvalue weighted by Gasteiger charge is -2.20. The van der Waals surface area contributed by atoms with Gasteiger partial charge in [-0.3, -0.25) is 10.1 Å². The molecule has 0 heterocycles. The van der Waals surface area contributed by atoms with Gasteiger partial charge in [-0.2, -0.15) is 0 Å². The van der Waals surface area contributed by atoms with E-state index in [0.717, 1.165) is 27.6 Å². The van der Waals surface area contributed by atoms with Crippen molar-refractivity contribution in [1.29, 1.82) is 0 Å². The van der Waals surface area contributed by atoms with Gasteiger partial charge in [-0.25, -0.2) is 0 Å². The monoisotopic (exact) mass is 377 g/mol. The fraction of sp³-hybridized carbons (Fsp3) is 0.292. The first-order valence-electron chi connectivity index (χ1n) is 9.61. The molecule has 3 rings (SSSR count). The van der Waals surface area contributed by atoms with Crippen molar-refractivity contribution < 1.29 is 14.6 Å². The second-order valence-corrected chi connectivity index (χ2v) is 7.48. The molecule has 146 valence electrons. The van der Waals surface area contributed by atoms with E-state index in [1.165, 1.54) is 5.56 Å². The summed E-state index contributed by atoms with van der Waals surface area (Å²) in [6.45, 7) is 6.77. The van der Waals surface area contributed by atoms with Gasteiger partial charge in [-0.1, -0.05) is 74.0 Å². The molecule has 0 aliphatic heterocycles. The standard InChI is InChI=1S/C24H27NO3/c1-16(2)23(24(26)27)25-14-21-20-7-5-4-6-19(20)12-13-22(21)28-15-18-10-8-17(3)9-11-18/h4-13,16,23,25H,14-15H2,1-3H3,(H,26,27). The molecule has 0 bridgehead atoms. The fourth-order valence-electron chi connectivity index (χ4n) is 3.30. The molecule has 28 heavy (non-hydrogen) atoms. The second kappa shape index (κ2) is 8.89. The molecule has 0 saturated heterocycles. The van der Waals surface area contributed by atoms with Gasteiger partial charge in [0, 0.05) is 12.1 Å². The number of nitrogens with one attached hydrogen (secondary N) is 1. The Morgan fingerprint density at radius 3 is 2.43 bits per heavy atom. The van der Waals surface area contributed by atoms with Gasteiger partial charge in [0.15, 0.2) is 0 Å². The van der Waals surface area contributed by atoms with Crippen molar-refractivity contribution in [3.05, 3.63) is 77.4 Å². The molecule has 4 nitrogen and oxygen atoms in total. The Bertz CT molecular complexity index is 948. The summed E-state index contributed by atoms with van der Waals surface area (Å²) in [5.41, 5.74) is 3.30. The lowest BCUT2D eigenvalue weighted by molar-refractivity contribution is -0.140. The summed E-state index contributed by atoms with van der Waals surface area (Å²) in [7, 11) is 0. The van der Waals surface area contributed by atoms with Crippen LogP contribution in [0.2, 0.25) is 0 Å². The number of ether oxygens (including phenoxy) is 1. The highest BCUT2D eigenvalue weighted by molar-refractivity contribution is 5.87. The molecule has 0 aromatic heterocycles. The minimum atomic E-state index is -0.836. The molecule has 0 fully saturated rings. The maximum absolute atomic E-state index is 11.6. The third kappa shape index (κ3) is 4.70. The molecular weight excluding hydrogens is 350 g/mol. The predicted octanol–water partition coefficient (Wildman–Crippen LogP) is 4.93. The van der Waals surface area contributed by atoms with Gasteiger partial charge >= 0.3 is 5.97 Å². The molecule has 0 saturated carbocycles. The average Bonchev–Trinajstić information content (AvgIpc) is 2.67. The minimum Gasteiger partial charge on any atom is -0.489 e. The van der Waals surface area contributed by atoms with Crippen molar-refractivity contribution in [2.45, 2.75) is 40.0 Å². The molecule has 1 unspecified atom stereocenters. The largest absolute Gasteiger partial charge is 0.489 e. The van der Waals surface area contributed by atoms with Crippen LogP contribution in [0, 0.1) is 12.8 Å². The van der Waals surface area contributed by atoms with Crippen molar-refractivity contribution in [3.8, 4) is 5.75 Å². The van der Waals surface area contributed by atoms with Crippen molar-refractivity contribution in [2.75, 3.05) is 0 Å². The maximum atomic E-state index is 11.6. The third-order valence-corrected chi connectivity index (χ3v) is 4.94. The predicted molar refractivity (Wildman–Crippen MR) is 113 cm³/mol. The molecule has 0 radical (unpaired) electrons. The lowest BCUT2D eigenvalue weighted by atomic mass is 10.0. The number of carboxylic acid groups (broad SMARTS) is 1. The van der Waals surface area contributed by atoms with Crippen molar-refractivity contribution in [1.82, 2.24) is 5.32 Å². The number of rotatable bonds is 8. The number of hydrogen-bond donors (Lipinski definition) is 2. The van der Waals surface area contributed by atoms with E-state index in [9.17, 15) is 9.90 Å². The maximum Gasteiger partial charge on any atom is 0.320 e. The van der Waals surface area contributed by atoms with Crippen LogP contribution < -0.4 is 10.1 Å². The van der Waals surface area contributed by atoms with Gasteiger partial charge in [0.05, 0.1) is 0 Å². The summed E-state index contributed by atoms with van der Waals surface area (Å²) in [6, 6.07) is 19.8. The number of benzene rings is 3. The molecule has 0 aliphatic carbocycles. The zero-order valence-corrected chi connectivity index (χ0v) is 16.6. The van der Waals surface area contributed by atoms with E-state index >= 15 is 0 Å². The molecule has 3 aromatic rings. The Labute approximate surface area is 166 Å². The topological polar surface area (TPSA) is 58.6 Å². The normalized spacial score (nSPS) is 12.3. The van der Waals surface area contributed by atoms with Gasteiger partial charge < -0.3 is 9.84 Å². The van der Waals surface area contributed by atoms with Crippen LogP contribution in [-0.2, 0) is 17.9 Å². The number of fused-ring (bicyclic) bond motifs is 1. The number of carbonyl (C=O) groups is 1. The molecular formula is C24H27NO3. The number of hydrogen-bond acceptors (Lipinski definition) is 3. The van der Waals surface area contributed by atoms with Crippen molar-refractivity contribution >= 4 is 16.7 Å². The average molecular weight is 377 g/mol. The summed E-state index contributed by atoms with van der Waals surface area (Å²) in [4.78, 5) is 11.6. The van der Waals surface area contributed by atoms with Crippen LogP contribution in [-0.4, -0.2) is 17.1 Å². The molecule has 2 N–H and O–H groups in total. The van der Waals surface area contributed by atoms with Gasteiger partial charge in [0.2, 0.25) is 0 Å². The van der Waals surface area contributed by atoms with Crippen LogP contribution in [0.4, 0.5) is 0 Å². The molecule has 3 aromatic carbocycles. The first-order chi connectivity index (χ1) is 13.5. The Morgan fingerprint density at radius 1 is 1.04 bits per heavy atom. The Balaban J connectivity index is 1.87. The summed E-state index contributed by atoms with van der Waals surface area (Å²) < 4.78 is 6.14. The first kappa shape index (κ1) is 19.9. The Morgan fingerprint density at radius 2 is 1.75 bits per heavy atom. The van der Waals surface area contributed by atoms with Crippen molar-refractivity contribution in [2.24, 2.45) is 5.92 Å². The van der Waals surface area contributed by atoms with Crippen LogP contribution in [0.3, 0.4) is 0 Å². The highest BCUT2D eigenvalue weighted by Gasteiger charge is 2.21. The lowest BCUT2D eigenvalue weighted by Crippen LogP contribution is -2.40. The summed E-state index contributed by atoms with van der Waals surface area (Å²) in [6.07, 6.45) is 0. The van der Waals surface area contributed by atoms with E-state index in [0.29, 0.717) is 13.2 Å². The van der Waals surface area contributed by atoms with Crippen LogP contribution in [0.25, 0.3) is 10.8 Å². The SMILES string of the molecule is Cc1ccc(COc2ccc3ccccc3c2CNC(C(=O)O)C(C)C)cc1. The van der Waals surface area contributed by atoms with Gasteiger partial charge in [-0.15, -0.1) is 0 Å². The van der Waals surface area contributed by atoms with Crippen LogP contribution in [0.15, 0.2) is 60.7 Å². The van der Waals surface area contributed by atoms with E-state index in [4.69, 9.17) is 4.74 Å². The van der Waals surface area contributed by atoms with Gasteiger partial charge in [-0.05, 0) is 35.2 Å². The van der Waals surface area contributed by atoms with E-state index in [1.54, 1.807) is 0 Å². The number of carboxylic acids is 1. The third-order valence-electron chi connectivity index (χ3n) is 4.94. The smallest absolute Gasteiger partial charge is 0.320 e. The van der Waals surface area contributed by atoms with Crippen LogP contribution in [0.1, 0.15) is 30.5 Å². The van der Waals surface area contributed by atoms with Gasteiger partial charge in [0.1, 0.15) is 18.4 Å². The Kier molecular flexibility index (Phi) is 6.32. The molecule has 4 heteroatoms. The summed E-state index contributed by atoms with van der Waals surface area (Å²) in [5, 5.41) is 14.9. The summed E-state index contributed by atoms with van der Waals surface area (Å²) >= 11 is 0. The first-order valence-corrected chi connectivity index (χ1v) is 9.61. The minimum absolute atomic E-state index is 0.00981. The van der Waals surface area contributed by atoms with E-state index in [1.807, 2.05) is 38.1 Å². The quantitative estimate of drug-likeness (QED) is 0.585.